The van der Waals surface area contributed by atoms with Gasteiger partial charge >= 0.3 is 0 Å². The van der Waals surface area contributed by atoms with Gasteiger partial charge in [0.15, 0.2) is 0 Å². The summed E-state index contributed by atoms with van der Waals surface area (Å²) in [4.78, 5) is 12.2. The van der Waals surface area contributed by atoms with E-state index in [0.717, 1.165) is 31.2 Å². The highest BCUT2D eigenvalue weighted by Crippen LogP contribution is 2.24. The van der Waals surface area contributed by atoms with Crippen molar-refractivity contribution in [2.45, 2.75) is 44.7 Å². The van der Waals surface area contributed by atoms with Gasteiger partial charge in [0.25, 0.3) is 0 Å². The third-order valence-electron chi connectivity index (χ3n) is 3.86. The van der Waals surface area contributed by atoms with Gasteiger partial charge in [-0.25, -0.2) is 4.39 Å². The molecule has 4 heteroatoms. The zero-order valence-corrected chi connectivity index (χ0v) is 11.2. The first-order valence-corrected chi connectivity index (χ1v) is 6.89. The first-order chi connectivity index (χ1) is 9.08. The lowest BCUT2D eigenvalue weighted by Crippen LogP contribution is -2.44. The maximum absolute atomic E-state index is 13.1. The predicted molar refractivity (Wildman–Crippen MR) is 72.9 cm³/mol. The summed E-state index contributed by atoms with van der Waals surface area (Å²) < 4.78 is 13.1. The third-order valence-corrected chi connectivity index (χ3v) is 3.86. The highest BCUT2D eigenvalue weighted by atomic mass is 19.1. The quantitative estimate of drug-likeness (QED) is 0.881. The molecule has 0 aliphatic heterocycles. The molecule has 1 saturated carbocycles. The van der Waals surface area contributed by atoms with Crippen LogP contribution in [-0.4, -0.2) is 11.9 Å². The second-order valence-corrected chi connectivity index (χ2v) is 5.34. The molecule has 0 spiro atoms. The number of halogens is 1. The summed E-state index contributed by atoms with van der Waals surface area (Å²) in [6.07, 6.45) is 3.92. The molecule has 0 heterocycles. The minimum Gasteiger partial charge on any atom is -0.349 e. The Morgan fingerprint density at radius 2 is 2.16 bits per heavy atom. The molecule has 1 amide bonds. The van der Waals surface area contributed by atoms with Crippen molar-refractivity contribution >= 4 is 5.91 Å². The lowest BCUT2D eigenvalue weighted by Gasteiger charge is -2.28. The highest BCUT2D eigenvalue weighted by Gasteiger charge is 2.28. The number of carbonyl (C=O) groups is 1. The third kappa shape index (κ3) is 3.53. The fourth-order valence-electron chi connectivity index (χ4n) is 2.66. The summed E-state index contributed by atoms with van der Waals surface area (Å²) in [5, 5.41) is 2.94. The number of amides is 1. The van der Waals surface area contributed by atoms with Crippen molar-refractivity contribution in [1.82, 2.24) is 5.32 Å². The highest BCUT2D eigenvalue weighted by molar-refractivity contribution is 5.79. The zero-order valence-electron chi connectivity index (χ0n) is 11.2. The van der Waals surface area contributed by atoms with E-state index in [9.17, 15) is 9.18 Å². The van der Waals surface area contributed by atoms with E-state index >= 15 is 0 Å². The number of nitrogens with two attached hydrogens (primary N) is 1. The molecule has 3 atom stereocenters. The molecule has 2 unspecified atom stereocenters. The number of rotatable bonds is 3. The van der Waals surface area contributed by atoms with Crippen molar-refractivity contribution in [2.75, 3.05) is 0 Å². The van der Waals surface area contributed by atoms with E-state index in [1.807, 2.05) is 13.0 Å². The van der Waals surface area contributed by atoms with Crippen molar-refractivity contribution in [3.05, 3.63) is 35.6 Å². The number of carbonyl (C=O) groups excluding carboxylic acids is 1. The van der Waals surface area contributed by atoms with Crippen molar-refractivity contribution in [2.24, 2.45) is 11.7 Å². The minimum absolute atomic E-state index is 0.0102. The lowest BCUT2D eigenvalue weighted by atomic mass is 9.84. The van der Waals surface area contributed by atoms with Gasteiger partial charge in [-0.1, -0.05) is 25.0 Å². The van der Waals surface area contributed by atoms with Crippen LogP contribution in [0.5, 0.6) is 0 Å². The molecule has 3 nitrogen and oxygen atoms in total. The summed E-state index contributed by atoms with van der Waals surface area (Å²) >= 11 is 0. The predicted octanol–water partition coefficient (Wildman–Crippen LogP) is 2.52. The summed E-state index contributed by atoms with van der Waals surface area (Å²) in [5.74, 6) is -0.401. The normalized spacial score (nSPS) is 24.8. The Hall–Kier alpha value is -1.42. The van der Waals surface area contributed by atoms with Crippen LogP contribution in [0.1, 0.15) is 44.2 Å². The van der Waals surface area contributed by atoms with Gasteiger partial charge in [-0.3, -0.25) is 4.79 Å². The Bertz CT molecular complexity index is 450. The van der Waals surface area contributed by atoms with E-state index in [4.69, 9.17) is 5.73 Å². The molecule has 1 aromatic rings. The largest absolute Gasteiger partial charge is 0.349 e. The molecule has 0 saturated heterocycles. The molecular formula is C15H21FN2O. The molecule has 0 bridgehead atoms. The summed E-state index contributed by atoms with van der Waals surface area (Å²) in [7, 11) is 0. The van der Waals surface area contributed by atoms with Crippen LogP contribution in [-0.2, 0) is 4.79 Å². The maximum atomic E-state index is 13.1. The Morgan fingerprint density at radius 3 is 2.84 bits per heavy atom. The van der Waals surface area contributed by atoms with Gasteiger partial charge in [-0.2, -0.15) is 0 Å². The monoisotopic (exact) mass is 264 g/mol. The molecule has 2 rings (SSSR count). The fourth-order valence-corrected chi connectivity index (χ4v) is 2.66. The van der Waals surface area contributed by atoms with E-state index in [0.29, 0.717) is 0 Å². The van der Waals surface area contributed by atoms with Crippen molar-refractivity contribution in [3.8, 4) is 0 Å². The molecule has 0 aromatic heterocycles. The number of benzene rings is 1. The number of hydrogen-bond acceptors (Lipinski definition) is 2. The minimum atomic E-state index is -0.284. The van der Waals surface area contributed by atoms with Crippen LogP contribution in [0, 0.1) is 11.7 Å². The van der Waals surface area contributed by atoms with Crippen molar-refractivity contribution < 1.29 is 9.18 Å². The summed E-state index contributed by atoms with van der Waals surface area (Å²) in [6, 6.07) is 6.07. The van der Waals surface area contributed by atoms with Gasteiger partial charge in [0.1, 0.15) is 5.82 Å². The number of nitrogens with one attached hydrogen (secondary N) is 1. The van der Waals surface area contributed by atoms with Gasteiger partial charge in [0.05, 0.1) is 12.0 Å². The standard InChI is InChI=1S/C15H21FN2O/c1-10(11-5-4-6-12(16)9-11)18-15(19)13-7-2-3-8-14(13)17/h4-6,9-10,13-14H,2-3,7-8,17H2,1H3,(H,18,19)/t10-,13?,14?/m1/s1. The topological polar surface area (TPSA) is 55.1 Å². The first-order valence-electron chi connectivity index (χ1n) is 6.89. The van der Waals surface area contributed by atoms with E-state index < -0.39 is 0 Å². The lowest BCUT2D eigenvalue weighted by molar-refractivity contribution is -0.127. The fraction of sp³-hybridized carbons (Fsp3) is 0.533. The average Bonchev–Trinajstić information content (AvgIpc) is 2.39. The first kappa shape index (κ1) is 14.0. The summed E-state index contributed by atoms with van der Waals surface area (Å²) in [6.45, 7) is 1.86. The smallest absolute Gasteiger partial charge is 0.225 e. The molecule has 3 N–H and O–H groups in total. The second-order valence-electron chi connectivity index (χ2n) is 5.34. The van der Waals surface area contributed by atoms with Crippen LogP contribution >= 0.6 is 0 Å². The number of hydrogen-bond donors (Lipinski definition) is 2. The van der Waals surface area contributed by atoms with Crippen LogP contribution in [0.25, 0.3) is 0 Å². The van der Waals surface area contributed by atoms with Crippen LogP contribution in [0.4, 0.5) is 4.39 Å². The van der Waals surface area contributed by atoms with Gasteiger partial charge in [-0.05, 0) is 37.5 Å². The molecular weight excluding hydrogens is 243 g/mol. The maximum Gasteiger partial charge on any atom is 0.225 e. The van der Waals surface area contributed by atoms with Gasteiger partial charge < -0.3 is 11.1 Å². The molecule has 104 valence electrons. The SMILES string of the molecule is C[C@@H](NC(=O)C1CCCCC1N)c1cccc(F)c1. The molecule has 1 aliphatic carbocycles. The van der Waals surface area contributed by atoms with Crippen molar-refractivity contribution in [3.63, 3.8) is 0 Å². The molecule has 0 radical (unpaired) electrons. The van der Waals surface area contributed by atoms with Crippen LogP contribution in [0.2, 0.25) is 0 Å². The second kappa shape index (κ2) is 6.15. The van der Waals surface area contributed by atoms with E-state index in [1.54, 1.807) is 6.07 Å². The molecule has 19 heavy (non-hydrogen) atoms. The Kier molecular flexibility index (Phi) is 4.53. The molecule has 1 fully saturated rings. The van der Waals surface area contributed by atoms with Crippen LogP contribution in [0.3, 0.4) is 0 Å². The van der Waals surface area contributed by atoms with Gasteiger partial charge in [-0.15, -0.1) is 0 Å². The van der Waals surface area contributed by atoms with Crippen LogP contribution < -0.4 is 11.1 Å². The zero-order chi connectivity index (χ0) is 13.8. The Morgan fingerprint density at radius 1 is 1.42 bits per heavy atom. The molecule has 1 aliphatic rings. The van der Waals surface area contributed by atoms with Crippen LogP contribution in [0.15, 0.2) is 24.3 Å². The van der Waals surface area contributed by atoms with E-state index in [1.165, 1.54) is 12.1 Å². The summed E-state index contributed by atoms with van der Waals surface area (Å²) in [5.41, 5.74) is 6.77. The molecule has 1 aromatic carbocycles. The van der Waals surface area contributed by atoms with E-state index in [2.05, 4.69) is 5.32 Å². The Labute approximate surface area is 113 Å². The average molecular weight is 264 g/mol. The van der Waals surface area contributed by atoms with Gasteiger partial charge in [0, 0.05) is 6.04 Å². The van der Waals surface area contributed by atoms with E-state index in [-0.39, 0.29) is 29.7 Å². The van der Waals surface area contributed by atoms with Crippen molar-refractivity contribution in [1.29, 1.82) is 0 Å². The van der Waals surface area contributed by atoms with Gasteiger partial charge in [0.2, 0.25) is 5.91 Å². The Balaban J connectivity index is 1.98.